The fraction of sp³-hybridized carbons (Fsp3) is 0.261. The summed E-state index contributed by atoms with van der Waals surface area (Å²) in [6.45, 7) is 3.50. The van der Waals surface area contributed by atoms with Gasteiger partial charge in [-0.05, 0) is 55.7 Å². The maximum Gasteiger partial charge on any atom is 0.227 e. The number of amides is 1. The van der Waals surface area contributed by atoms with Crippen molar-refractivity contribution in [3.05, 3.63) is 71.0 Å². The Labute approximate surface area is 179 Å². The van der Waals surface area contributed by atoms with Crippen molar-refractivity contribution < 1.29 is 9.18 Å². The predicted octanol–water partition coefficient (Wildman–Crippen LogP) is 5.10. The lowest BCUT2D eigenvalue weighted by Gasteiger charge is -2.31. The van der Waals surface area contributed by atoms with Gasteiger partial charge in [0.05, 0.1) is 10.7 Å². The zero-order valence-electron chi connectivity index (χ0n) is 16.6. The number of aryl methyl sites for hydroxylation is 1. The van der Waals surface area contributed by atoms with Crippen molar-refractivity contribution >= 4 is 29.0 Å². The Balaban J connectivity index is 1.35. The first kappa shape index (κ1) is 20.3. The largest absolute Gasteiger partial charge is 0.355 e. The predicted molar refractivity (Wildman–Crippen MR) is 117 cm³/mol. The highest BCUT2D eigenvalue weighted by molar-refractivity contribution is 6.31. The molecule has 30 heavy (non-hydrogen) atoms. The molecule has 1 fully saturated rings. The van der Waals surface area contributed by atoms with E-state index in [0.29, 0.717) is 18.5 Å². The van der Waals surface area contributed by atoms with E-state index in [1.807, 2.05) is 30.3 Å². The molecular formula is C23H22ClFN4O. The van der Waals surface area contributed by atoms with E-state index in [2.05, 4.69) is 33.4 Å². The minimum Gasteiger partial charge on any atom is -0.355 e. The number of hydrogen-bond donors (Lipinski definition) is 1. The highest BCUT2D eigenvalue weighted by Gasteiger charge is 2.26. The number of anilines is 2. The van der Waals surface area contributed by atoms with Gasteiger partial charge in [0.15, 0.2) is 5.82 Å². The first-order chi connectivity index (χ1) is 14.5. The lowest BCUT2D eigenvalue weighted by atomic mass is 9.95. The smallest absolute Gasteiger partial charge is 0.227 e. The Morgan fingerprint density at radius 2 is 1.87 bits per heavy atom. The molecule has 0 aliphatic carbocycles. The standard InChI is InChI=1S/C23H22ClFN4O/c1-15-4-2-3-5-18(15)21-8-9-22(28-27-21)29-12-10-16(11-13-29)23(30)26-17-6-7-20(25)19(24)14-17/h2-9,14,16H,10-13H2,1H3,(H,26,30). The van der Waals surface area contributed by atoms with Gasteiger partial charge in [0.1, 0.15) is 5.82 Å². The van der Waals surface area contributed by atoms with Crippen molar-refractivity contribution in [1.82, 2.24) is 10.2 Å². The quantitative estimate of drug-likeness (QED) is 0.633. The lowest BCUT2D eigenvalue weighted by Crippen LogP contribution is -2.38. The minimum absolute atomic E-state index is 0.00432. The second kappa shape index (κ2) is 8.79. The first-order valence-electron chi connectivity index (χ1n) is 9.92. The molecule has 2 heterocycles. The van der Waals surface area contributed by atoms with Crippen molar-refractivity contribution in [2.24, 2.45) is 5.92 Å². The molecule has 2 aromatic carbocycles. The van der Waals surface area contributed by atoms with Gasteiger partial charge < -0.3 is 10.2 Å². The van der Waals surface area contributed by atoms with Crippen LogP contribution in [0.4, 0.5) is 15.9 Å². The number of aromatic nitrogens is 2. The molecule has 1 aromatic heterocycles. The highest BCUT2D eigenvalue weighted by Crippen LogP contribution is 2.26. The van der Waals surface area contributed by atoms with Gasteiger partial charge in [-0.1, -0.05) is 35.9 Å². The van der Waals surface area contributed by atoms with Crippen molar-refractivity contribution in [2.75, 3.05) is 23.3 Å². The van der Waals surface area contributed by atoms with Gasteiger partial charge in [0, 0.05) is 30.3 Å². The van der Waals surface area contributed by atoms with Gasteiger partial charge in [-0.3, -0.25) is 4.79 Å². The summed E-state index contributed by atoms with van der Waals surface area (Å²) in [4.78, 5) is 14.7. The number of nitrogens with one attached hydrogen (secondary N) is 1. The second-order valence-electron chi connectivity index (χ2n) is 7.47. The molecule has 0 spiro atoms. The zero-order valence-corrected chi connectivity index (χ0v) is 17.4. The second-order valence-corrected chi connectivity index (χ2v) is 7.88. The molecule has 4 rings (SSSR count). The Bertz CT molecular complexity index is 1050. The summed E-state index contributed by atoms with van der Waals surface area (Å²) in [6.07, 6.45) is 1.42. The minimum atomic E-state index is -0.502. The van der Waals surface area contributed by atoms with Gasteiger partial charge in [-0.25, -0.2) is 4.39 Å². The Kier molecular flexibility index (Phi) is 5.95. The maximum absolute atomic E-state index is 13.3. The SMILES string of the molecule is Cc1ccccc1-c1ccc(N2CCC(C(=O)Nc3ccc(F)c(Cl)c3)CC2)nn1. The van der Waals surface area contributed by atoms with Crippen LogP contribution in [0.3, 0.4) is 0 Å². The van der Waals surface area contributed by atoms with Gasteiger partial charge in [0.2, 0.25) is 5.91 Å². The van der Waals surface area contributed by atoms with Crippen molar-refractivity contribution in [3.8, 4) is 11.3 Å². The third-order valence-corrected chi connectivity index (χ3v) is 5.74. The number of carbonyl (C=O) groups excluding carboxylic acids is 1. The van der Waals surface area contributed by atoms with Crippen LogP contribution in [-0.2, 0) is 4.79 Å². The topological polar surface area (TPSA) is 58.1 Å². The van der Waals surface area contributed by atoms with Crippen LogP contribution in [0.15, 0.2) is 54.6 Å². The van der Waals surface area contributed by atoms with E-state index in [-0.39, 0.29) is 16.8 Å². The number of halogens is 2. The van der Waals surface area contributed by atoms with E-state index >= 15 is 0 Å². The van der Waals surface area contributed by atoms with Crippen LogP contribution in [0.1, 0.15) is 18.4 Å². The molecule has 1 aliphatic heterocycles. The highest BCUT2D eigenvalue weighted by atomic mass is 35.5. The van der Waals surface area contributed by atoms with Crippen LogP contribution in [0.2, 0.25) is 5.02 Å². The average molecular weight is 425 g/mol. The van der Waals surface area contributed by atoms with E-state index in [4.69, 9.17) is 11.6 Å². The van der Waals surface area contributed by atoms with Crippen LogP contribution >= 0.6 is 11.6 Å². The Morgan fingerprint density at radius 3 is 2.53 bits per heavy atom. The summed E-state index contributed by atoms with van der Waals surface area (Å²) in [5.74, 6) is 0.136. The van der Waals surface area contributed by atoms with Gasteiger partial charge in [-0.15, -0.1) is 10.2 Å². The lowest BCUT2D eigenvalue weighted by molar-refractivity contribution is -0.120. The van der Waals surface area contributed by atoms with E-state index in [9.17, 15) is 9.18 Å². The molecule has 0 bridgehead atoms. The van der Waals surface area contributed by atoms with Crippen molar-refractivity contribution in [1.29, 1.82) is 0 Å². The van der Waals surface area contributed by atoms with E-state index in [0.717, 1.165) is 35.7 Å². The summed E-state index contributed by atoms with van der Waals surface area (Å²) < 4.78 is 13.3. The molecule has 0 radical (unpaired) electrons. The normalized spacial score (nSPS) is 14.6. The van der Waals surface area contributed by atoms with Gasteiger partial charge >= 0.3 is 0 Å². The number of hydrogen-bond acceptors (Lipinski definition) is 4. The summed E-state index contributed by atoms with van der Waals surface area (Å²) in [7, 11) is 0. The number of benzene rings is 2. The number of carbonyl (C=O) groups is 1. The molecule has 1 aliphatic rings. The molecule has 0 atom stereocenters. The molecule has 0 unspecified atom stereocenters. The average Bonchev–Trinajstić information content (AvgIpc) is 2.77. The molecule has 7 heteroatoms. The Hall–Kier alpha value is -2.99. The molecule has 3 aromatic rings. The van der Waals surface area contributed by atoms with E-state index in [1.165, 1.54) is 18.2 Å². The maximum atomic E-state index is 13.3. The molecule has 5 nitrogen and oxygen atoms in total. The van der Waals surface area contributed by atoms with Crippen molar-refractivity contribution in [2.45, 2.75) is 19.8 Å². The molecular weight excluding hydrogens is 403 g/mol. The van der Waals surface area contributed by atoms with Crippen molar-refractivity contribution in [3.63, 3.8) is 0 Å². The van der Waals surface area contributed by atoms with Gasteiger partial charge in [-0.2, -0.15) is 0 Å². The fourth-order valence-corrected chi connectivity index (χ4v) is 3.87. The molecule has 1 saturated heterocycles. The third kappa shape index (κ3) is 4.44. The van der Waals surface area contributed by atoms with E-state index in [1.54, 1.807) is 0 Å². The van der Waals surface area contributed by atoms with Crippen LogP contribution in [0.25, 0.3) is 11.3 Å². The number of nitrogens with zero attached hydrogens (tertiary/aromatic N) is 3. The molecule has 154 valence electrons. The number of rotatable bonds is 4. The zero-order chi connectivity index (χ0) is 21.1. The summed E-state index contributed by atoms with van der Waals surface area (Å²) in [5.41, 5.74) is 3.59. The fourth-order valence-electron chi connectivity index (χ4n) is 3.69. The summed E-state index contributed by atoms with van der Waals surface area (Å²) in [5, 5.41) is 11.6. The summed E-state index contributed by atoms with van der Waals surface area (Å²) >= 11 is 5.78. The first-order valence-corrected chi connectivity index (χ1v) is 10.3. The summed E-state index contributed by atoms with van der Waals surface area (Å²) in [6, 6.07) is 16.3. The molecule has 0 saturated carbocycles. The number of piperidine rings is 1. The van der Waals surface area contributed by atoms with Crippen LogP contribution in [0.5, 0.6) is 0 Å². The van der Waals surface area contributed by atoms with Gasteiger partial charge in [0.25, 0.3) is 0 Å². The van der Waals surface area contributed by atoms with E-state index < -0.39 is 5.82 Å². The monoisotopic (exact) mass is 424 g/mol. The third-order valence-electron chi connectivity index (χ3n) is 5.45. The van der Waals surface area contributed by atoms with Crippen LogP contribution < -0.4 is 10.2 Å². The molecule has 1 N–H and O–H groups in total. The van der Waals surface area contributed by atoms with Crippen LogP contribution in [-0.4, -0.2) is 29.2 Å². The molecule has 1 amide bonds. The van der Waals surface area contributed by atoms with Crippen LogP contribution in [0, 0.1) is 18.7 Å². The Morgan fingerprint density at radius 1 is 1.10 bits per heavy atom.